The van der Waals surface area contributed by atoms with Crippen molar-refractivity contribution in [2.24, 2.45) is 0 Å². The monoisotopic (exact) mass is 275 g/mol. The van der Waals surface area contributed by atoms with Crippen molar-refractivity contribution in [3.8, 4) is 0 Å². The lowest BCUT2D eigenvalue weighted by molar-refractivity contribution is -0.136. The second-order valence-electron chi connectivity index (χ2n) is 5.57. The van der Waals surface area contributed by atoms with Crippen LogP contribution in [0.3, 0.4) is 0 Å². The predicted molar refractivity (Wildman–Crippen MR) is 76.7 cm³/mol. The Morgan fingerprint density at radius 1 is 1.20 bits per heavy atom. The largest absolute Gasteiger partial charge is 0.478 e. The third kappa shape index (κ3) is 3.00. The Hall–Kier alpha value is -1.84. The number of hydrogen-bond acceptors (Lipinski definition) is 2. The van der Waals surface area contributed by atoms with Gasteiger partial charge in [-0.2, -0.15) is 0 Å². The van der Waals surface area contributed by atoms with Gasteiger partial charge in [0.1, 0.15) is 0 Å². The highest BCUT2D eigenvalue weighted by atomic mass is 16.4. The zero-order chi connectivity index (χ0) is 14.7. The highest BCUT2D eigenvalue weighted by molar-refractivity contribution is 5.91. The van der Waals surface area contributed by atoms with Crippen molar-refractivity contribution in [3.05, 3.63) is 35.4 Å². The smallest absolute Gasteiger partial charge is 0.335 e. The molecule has 4 nitrogen and oxygen atoms in total. The van der Waals surface area contributed by atoms with Gasteiger partial charge in [-0.3, -0.25) is 4.79 Å². The van der Waals surface area contributed by atoms with Crippen molar-refractivity contribution in [1.29, 1.82) is 0 Å². The van der Waals surface area contributed by atoms with E-state index in [-0.39, 0.29) is 30.0 Å². The summed E-state index contributed by atoms with van der Waals surface area (Å²) in [6.07, 6.45) is 3.36. The van der Waals surface area contributed by atoms with Crippen molar-refractivity contribution in [3.63, 3.8) is 0 Å². The number of amides is 1. The van der Waals surface area contributed by atoms with Crippen molar-refractivity contribution in [2.75, 3.05) is 0 Å². The van der Waals surface area contributed by atoms with E-state index in [1.807, 2.05) is 4.90 Å². The first-order valence-corrected chi connectivity index (χ1v) is 7.13. The number of rotatable bonds is 3. The van der Waals surface area contributed by atoms with E-state index in [1.165, 1.54) is 0 Å². The normalized spacial score (nSPS) is 22.6. The van der Waals surface area contributed by atoms with E-state index in [4.69, 9.17) is 5.11 Å². The molecule has 0 radical (unpaired) electrons. The lowest BCUT2D eigenvalue weighted by Crippen LogP contribution is -2.48. The minimum Gasteiger partial charge on any atom is -0.478 e. The fraction of sp³-hybridized carbons (Fsp3) is 0.500. The number of benzene rings is 1. The molecular formula is C16H21NO3. The molecule has 108 valence electrons. The molecule has 1 N–H and O–H groups in total. The summed E-state index contributed by atoms with van der Waals surface area (Å²) in [5, 5.41) is 9.17. The van der Waals surface area contributed by atoms with Crippen LogP contribution in [0.25, 0.3) is 0 Å². The molecule has 1 aliphatic rings. The maximum atomic E-state index is 12.5. The zero-order valence-corrected chi connectivity index (χ0v) is 12.0. The van der Waals surface area contributed by atoms with E-state index in [0.29, 0.717) is 5.56 Å². The van der Waals surface area contributed by atoms with Gasteiger partial charge in [0.05, 0.1) is 12.0 Å². The van der Waals surface area contributed by atoms with Gasteiger partial charge in [0.25, 0.3) is 0 Å². The maximum absolute atomic E-state index is 12.5. The molecule has 1 amide bonds. The van der Waals surface area contributed by atoms with Gasteiger partial charge in [-0.15, -0.1) is 0 Å². The van der Waals surface area contributed by atoms with Crippen molar-refractivity contribution < 1.29 is 14.7 Å². The number of carbonyl (C=O) groups excluding carboxylic acids is 1. The number of likely N-dealkylation sites (tertiary alicyclic amines) is 1. The molecule has 1 aliphatic heterocycles. The van der Waals surface area contributed by atoms with Crippen LogP contribution in [0.4, 0.5) is 0 Å². The summed E-state index contributed by atoms with van der Waals surface area (Å²) in [4.78, 5) is 25.6. The summed E-state index contributed by atoms with van der Waals surface area (Å²) >= 11 is 0. The van der Waals surface area contributed by atoms with Crippen molar-refractivity contribution in [2.45, 2.75) is 51.6 Å². The molecule has 2 unspecified atom stereocenters. The second-order valence-corrected chi connectivity index (χ2v) is 5.57. The number of carboxylic acid groups (broad SMARTS) is 1. The summed E-state index contributed by atoms with van der Waals surface area (Å²) in [6.45, 7) is 4.13. The summed E-state index contributed by atoms with van der Waals surface area (Å²) in [6, 6.07) is 7.21. The molecule has 4 heteroatoms. The Bertz CT molecular complexity index is 502. The van der Waals surface area contributed by atoms with Gasteiger partial charge in [-0.05, 0) is 44.7 Å². The molecule has 2 atom stereocenters. The number of aromatic carboxylic acids is 1. The Morgan fingerprint density at radius 3 is 2.40 bits per heavy atom. The first-order valence-electron chi connectivity index (χ1n) is 7.13. The van der Waals surface area contributed by atoms with Crippen LogP contribution in [0.15, 0.2) is 24.3 Å². The van der Waals surface area contributed by atoms with Crippen LogP contribution in [-0.2, 0) is 11.2 Å². The third-order valence-electron chi connectivity index (χ3n) is 4.07. The van der Waals surface area contributed by atoms with Crippen LogP contribution < -0.4 is 0 Å². The van der Waals surface area contributed by atoms with Crippen molar-refractivity contribution in [1.82, 2.24) is 4.90 Å². The van der Waals surface area contributed by atoms with Crippen LogP contribution in [0.5, 0.6) is 0 Å². The average molecular weight is 275 g/mol. The number of carboxylic acids is 1. The third-order valence-corrected chi connectivity index (χ3v) is 4.07. The number of nitrogens with zero attached hydrogens (tertiary/aromatic N) is 1. The van der Waals surface area contributed by atoms with E-state index in [1.54, 1.807) is 24.3 Å². The van der Waals surface area contributed by atoms with E-state index in [0.717, 1.165) is 19.3 Å². The van der Waals surface area contributed by atoms with Gasteiger partial charge in [0.2, 0.25) is 5.91 Å². The topological polar surface area (TPSA) is 57.6 Å². The standard InChI is InChI=1S/C16H21NO3/c1-11-6-5-7-12(2)17(11)15(18)10-13-8-3-4-9-14(13)16(19)20/h3-4,8-9,11-12H,5-7,10H2,1-2H3,(H,19,20). The first kappa shape index (κ1) is 14.6. The molecular weight excluding hydrogens is 254 g/mol. The Kier molecular flexibility index (Phi) is 4.42. The van der Waals surface area contributed by atoms with Gasteiger partial charge in [0.15, 0.2) is 0 Å². The summed E-state index contributed by atoms with van der Waals surface area (Å²) < 4.78 is 0. The second kappa shape index (κ2) is 6.07. The number of carbonyl (C=O) groups is 2. The number of hydrogen-bond donors (Lipinski definition) is 1. The van der Waals surface area contributed by atoms with Crippen molar-refractivity contribution >= 4 is 11.9 Å². The molecule has 1 aromatic carbocycles. The van der Waals surface area contributed by atoms with Gasteiger partial charge in [-0.1, -0.05) is 18.2 Å². The molecule has 0 bridgehead atoms. The Balaban J connectivity index is 2.17. The van der Waals surface area contributed by atoms with Gasteiger partial charge < -0.3 is 10.0 Å². The molecule has 1 fully saturated rings. The SMILES string of the molecule is CC1CCCC(C)N1C(=O)Cc1ccccc1C(=O)O. The molecule has 0 spiro atoms. The van der Waals surface area contributed by atoms with Crippen LogP contribution in [0, 0.1) is 0 Å². The Morgan fingerprint density at radius 2 is 1.80 bits per heavy atom. The van der Waals surface area contributed by atoms with Crippen LogP contribution in [0.1, 0.15) is 49.0 Å². The van der Waals surface area contributed by atoms with E-state index < -0.39 is 5.97 Å². The first-order chi connectivity index (χ1) is 9.50. The maximum Gasteiger partial charge on any atom is 0.335 e. The lowest BCUT2D eigenvalue weighted by atomic mass is 9.95. The lowest BCUT2D eigenvalue weighted by Gasteiger charge is -2.39. The minimum atomic E-state index is -0.979. The van der Waals surface area contributed by atoms with Gasteiger partial charge in [-0.25, -0.2) is 4.79 Å². The molecule has 0 aromatic heterocycles. The molecule has 20 heavy (non-hydrogen) atoms. The minimum absolute atomic E-state index is 0.0263. The quantitative estimate of drug-likeness (QED) is 0.922. The average Bonchev–Trinajstić information content (AvgIpc) is 2.38. The molecule has 0 aliphatic carbocycles. The fourth-order valence-electron chi connectivity index (χ4n) is 3.05. The molecule has 1 saturated heterocycles. The molecule has 2 rings (SSSR count). The molecule has 1 heterocycles. The van der Waals surface area contributed by atoms with Crippen LogP contribution in [-0.4, -0.2) is 34.0 Å². The van der Waals surface area contributed by atoms with E-state index in [9.17, 15) is 9.59 Å². The zero-order valence-electron chi connectivity index (χ0n) is 12.0. The Labute approximate surface area is 119 Å². The van der Waals surface area contributed by atoms with Gasteiger partial charge >= 0.3 is 5.97 Å². The van der Waals surface area contributed by atoms with E-state index >= 15 is 0 Å². The molecule has 0 saturated carbocycles. The van der Waals surface area contributed by atoms with Crippen LogP contribution in [0.2, 0.25) is 0 Å². The molecule has 1 aromatic rings. The summed E-state index contributed by atoms with van der Waals surface area (Å²) in [5.41, 5.74) is 0.813. The highest BCUT2D eigenvalue weighted by Gasteiger charge is 2.29. The summed E-state index contributed by atoms with van der Waals surface area (Å²) in [5.74, 6) is -0.952. The predicted octanol–water partition coefficient (Wildman–Crippen LogP) is 2.72. The van der Waals surface area contributed by atoms with Gasteiger partial charge in [0, 0.05) is 12.1 Å². The van der Waals surface area contributed by atoms with E-state index in [2.05, 4.69) is 13.8 Å². The fourth-order valence-corrected chi connectivity index (χ4v) is 3.05. The number of piperidine rings is 1. The summed E-state index contributed by atoms with van der Waals surface area (Å²) in [7, 11) is 0. The van der Waals surface area contributed by atoms with Crippen LogP contribution >= 0.6 is 0 Å². The highest BCUT2D eigenvalue weighted by Crippen LogP contribution is 2.24.